The van der Waals surface area contributed by atoms with E-state index in [9.17, 15) is 0 Å². The van der Waals surface area contributed by atoms with Crippen molar-refractivity contribution in [1.29, 1.82) is 0 Å². The monoisotopic (exact) mass is 99.1 g/mol. The lowest BCUT2D eigenvalue weighted by Crippen LogP contribution is -2.05. The van der Waals surface area contributed by atoms with Crippen molar-refractivity contribution in [3.8, 4) is 0 Å². The largest absolute Gasteiger partial charge is 0.413 e. The molecule has 0 spiro atoms. The van der Waals surface area contributed by atoms with Gasteiger partial charge in [-0.3, -0.25) is 0 Å². The van der Waals surface area contributed by atoms with Crippen LogP contribution in [0, 0.1) is 0 Å². The van der Waals surface area contributed by atoms with E-state index in [1.807, 2.05) is 6.92 Å². The van der Waals surface area contributed by atoms with Gasteiger partial charge >= 0.3 is 0 Å². The molecule has 1 N–H and O–H groups in total. The van der Waals surface area contributed by atoms with Gasteiger partial charge in [0.05, 0.1) is 6.54 Å². The van der Waals surface area contributed by atoms with Crippen molar-refractivity contribution in [3.63, 3.8) is 0 Å². The molecule has 0 amide bonds. The van der Waals surface area contributed by atoms with Crippen LogP contribution in [0.5, 0.6) is 0 Å². The minimum absolute atomic E-state index is 0.881. The van der Waals surface area contributed by atoms with Crippen LogP contribution in [-0.4, -0.2) is 6.54 Å². The Morgan fingerprint density at radius 3 is 2.43 bits per heavy atom. The van der Waals surface area contributed by atoms with Gasteiger partial charge in [0.25, 0.3) is 0 Å². The molecule has 0 aliphatic carbocycles. The molecule has 0 fully saturated rings. The van der Waals surface area contributed by atoms with Gasteiger partial charge in [0.2, 0.25) is 0 Å². The van der Waals surface area contributed by atoms with Crippen LogP contribution >= 0.6 is 0 Å². The Bertz CT molecular complexity index is 94.6. The molecule has 0 aromatic heterocycles. The zero-order valence-corrected chi connectivity index (χ0v) is 4.62. The highest BCUT2D eigenvalue weighted by Crippen LogP contribution is 2.07. The SMILES string of the molecule is CC1=C(C)ONC1. The van der Waals surface area contributed by atoms with Crippen LogP contribution in [0.4, 0.5) is 0 Å². The third-order valence-corrected chi connectivity index (χ3v) is 1.16. The average Bonchev–Trinajstić information content (AvgIpc) is 1.91. The summed E-state index contributed by atoms with van der Waals surface area (Å²) in [5.41, 5.74) is 4.04. The van der Waals surface area contributed by atoms with Crippen LogP contribution in [0.1, 0.15) is 13.8 Å². The Hall–Kier alpha value is -0.500. The molecule has 2 nitrogen and oxygen atoms in total. The number of rotatable bonds is 0. The fraction of sp³-hybridized carbons (Fsp3) is 0.600. The van der Waals surface area contributed by atoms with Crippen LogP contribution < -0.4 is 5.48 Å². The second-order valence-electron chi connectivity index (χ2n) is 1.76. The Labute approximate surface area is 43.1 Å². The fourth-order valence-electron chi connectivity index (χ4n) is 0.464. The van der Waals surface area contributed by atoms with Crippen molar-refractivity contribution in [1.82, 2.24) is 5.48 Å². The van der Waals surface area contributed by atoms with E-state index in [0.29, 0.717) is 0 Å². The van der Waals surface area contributed by atoms with Gasteiger partial charge in [-0.25, -0.2) is 0 Å². The quantitative estimate of drug-likeness (QED) is 0.485. The Balaban J connectivity index is 2.64. The van der Waals surface area contributed by atoms with Crippen molar-refractivity contribution in [2.45, 2.75) is 13.8 Å². The number of allylic oxidation sites excluding steroid dienone is 1. The molecule has 2 heteroatoms. The summed E-state index contributed by atoms with van der Waals surface area (Å²) in [6.45, 7) is 4.89. The molecule has 1 aliphatic rings. The molecule has 1 heterocycles. The average molecular weight is 99.1 g/mol. The zero-order chi connectivity index (χ0) is 5.28. The maximum Gasteiger partial charge on any atom is 0.121 e. The number of hydrogen-bond donors (Lipinski definition) is 1. The molecule has 7 heavy (non-hydrogen) atoms. The molecule has 0 saturated heterocycles. The van der Waals surface area contributed by atoms with Crippen molar-refractivity contribution >= 4 is 0 Å². The molecule has 40 valence electrons. The molecular formula is C5H9NO. The van der Waals surface area contributed by atoms with Gasteiger partial charge in [0.15, 0.2) is 0 Å². The molecular weight excluding hydrogens is 90.1 g/mol. The molecule has 0 atom stereocenters. The molecule has 0 aromatic carbocycles. The third kappa shape index (κ3) is 0.747. The molecule has 0 bridgehead atoms. The van der Waals surface area contributed by atoms with Crippen molar-refractivity contribution in [2.75, 3.05) is 6.54 Å². The van der Waals surface area contributed by atoms with Crippen molar-refractivity contribution in [3.05, 3.63) is 11.3 Å². The zero-order valence-electron chi connectivity index (χ0n) is 4.62. The predicted molar refractivity (Wildman–Crippen MR) is 27.5 cm³/mol. The summed E-state index contributed by atoms with van der Waals surface area (Å²) in [4.78, 5) is 4.89. The van der Waals surface area contributed by atoms with Crippen LogP contribution in [-0.2, 0) is 4.84 Å². The van der Waals surface area contributed by atoms with Crippen LogP contribution in [0.3, 0.4) is 0 Å². The minimum Gasteiger partial charge on any atom is -0.413 e. The molecule has 0 radical (unpaired) electrons. The third-order valence-electron chi connectivity index (χ3n) is 1.16. The molecule has 0 aromatic rings. The van der Waals surface area contributed by atoms with Gasteiger partial charge < -0.3 is 4.84 Å². The van der Waals surface area contributed by atoms with Gasteiger partial charge in [-0.05, 0) is 19.4 Å². The lowest BCUT2D eigenvalue weighted by Gasteiger charge is -1.90. The fourth-order valence-corrected chi connectivity index (χ4v) is 0.464. The number of nitrogens with one attached hydrogen (secondary N) is 1. The maximum absolute atomic E-state index is 4.89. The molecule has 0 saturated carbocycles. The highest BCUT2D eigenvalue weighted by atomic mass is 16.7. The predicted octanol–water partition coefficient (Wildman–Crippen LogP) is 0.815. The first kappa shape index (κ1) is 4.65. The lowest BCUT2D eigenvalue weighted by molar-refractivity contribution is 0.141. The van der Waals surface area contributed by atoms with Gasteiger partial charge in [-0.2, -0.15) is 5.48 Å². The normalized spacial score (nSPS) is 20.3. The summed E-state index contributed by atoms with van der Waals surface area (Å²) in [5, 5.41) is 0. The lowest BCUT2D eigenvalue weighted by atomic mass is 10.3. The van der Waals surface area contributed by atoms with Gasteiger partial charge in [-0.15, -0.1) is 0 Å². The summed E-state index contributed by atoms with van der Waals surface area (Å²) in [5.74, 6) is 1.01. The molecule has 1 rings (SSSR count). The summed E-state index contributed by atoms with van der Waals surface area (Å²) < 4.78 is 0. The Morgan fingerprint density at radius 2 is 2.29 bits per heavy atom. The van der Waals surface area contributed by atoms with E-state index in [2.05, 4.69) is 12.4 Å². The highest BCUT2D eigenvalue weighted by molar-refractivity contribution is 5.07. The summed E-state index contributed by atoms with van der Waals surface area (Å²) in [7, 11) is 0. The van der Waals surface area contributed by atoms with Crippen LogP contribution in [0.2, 0.25) is 0 Å². The summed E-state index contributed by atoms with van der Waals surface area (Å²) in [6.07, 6.45) is 0. The second-order valence-corrected chi connectivity index (χ2v) is 1.76. The molecule has 0 unspecified atom stereocenters. The standard InChI is InChI=1S/C5H9NO/c1-4-3-6-7-5(4)2/h6H,3H2,1-2H3. The Kier molecular flexibility index (Phi) is 1.02. The summed E-state index contributed by atoms with van der Waals surface area (Å²) >= 11 is 0. The van der Waals surface area contributed by atoms with E-state index in [4.69, 9.17) is 4.84 Å². The van der Waals surface area contributed by atoms with Crippen LogP contribution in [0.25, 0.3) is 0 Å². The number of hydroxylamine groups is 1. The topological polar surface area (TPSA) is 21.3 Å². The van der Waals surface area contributed by atoms with E-state index >= 15 is 0 Å². The minimum atomic E-state index is 0.881. The highest BCUT2D eigenvalue weighted by Gasteiger charge is 2.04. The van der Waals surface area contributed by atoms with Crippen molar-refractivity contribution in [2.24, 2.45) is 0 Å². The second kappa shape index (κ2) is 1.54. The van der Waals surface area contributed by atoms with E-state index in [1.165, 1.54) is 5.57 Å². The van der Waals surface area contributed by atoms with Gasteiger partial charge in [0, 0.05) is 0 Å². The summed E-state index contributed by atoms with van der Waals surface area (Å²) in [6, 6.07) is 0. The van der Waals surface area contributed by atoms with Gasteiger partial charge in [-0.1, -0.05) is 0 Å². The smallest absolute Gasteiger partial charge is 0.121 e. The first-order valence-corrected chi connectivity index (χ1v) is 2.37. The van der Waals surface area contributed by atoms with Gasteiger partial charge in [0.1, 0.15) is 5.76 Å². The van der Waals surface area contributed by atoms with Crippen LogP contribution in [0.15, 0.2) is 11.3 Å². The van der Waals surface area contributed by atoms with Crippen molar-refractivity contribution < 1.29 is 4.84 Å². The molecule has 1 aliphatic heterocycles. The Morgan fingerprint density at radius 1 is 1.57 bits per heavy atom. The number of hydrogen-bond acceptors (Lipinski definition) is 2. The van der Waals surface area contributed by atoms with E-state index < -0.39 is 0 Å². The van der Waals surface area contributed by atoms with E-state index in [0.717, 1.165) is 12.3 Å². The first-order chi connectivity index (χ1) is 3.30. The van der Waals surface area contributed by atoms with E-state index in [1.54, 1.807) is 0 Å². The maximum atomic E-state index is 4.89. The van der Waals surface area contributed by atoms with E-state index in [-0.39, 0.29) is 0 Å². The first-order valence-electron chi connectivity index (χ1n) is 2.37.